The second kappa shape index (κ2) is 6.70. The fourth-order valence-electron chi connectivity index (χ4n) is 1.82. The summed E-state index contributed by atoms with van der Waals surface area (Å²) >= 11 is 0. The van der Waals surface area contributed by atoms with Crippen molar-refractivity contribution in [2.24, 2.45) is 0 Å². The Kier molecular flexibility index (Phi) is 5.74. The van der Waals surface area contributed by atoms with Crippen LogP contribution < -0.4 is 0 Å². The van der Waals surface area contributed by atoms with Crippen LogP contribution in [0.1, 0.15) is 39.2 Å². The third-order valence-electron chi connectivity index (χ3n) is 3.92. The summed E-state index contributed by atoms with van der Waals surface area (Å²) in [4.78, 5) is 0.314. The Morgan fingerprint density at radius 1 is 1.20 bits per heavy atom. The number of hydrogen-bond donors (Lipinski definition) is 1. The summed E-state index contributed by atoms with van der Waals surface area (Å²) in [5.41, 5.74) is 0.629. The summed E-state index contributed by atoms with van der Waals surface area (Å²) in [5.74, 6) is 0. The molecule has 1 N–H and O–H groups in total. The van der Waals surface area contributed by atoms with Crippen LogP contribution >= 0.6 is 0 Å². The summed E-state index contributed by atoms with van der Waals surface area (Å²) < 4.78 is 26.5. The minimum Gasteiger partial charge on any atom is -0.396 e. The van der Waals surface area contributed by atoms with Gasteiger partial charge in [-0.3, -0.25) is 0 Å². The van der Waals surface area contributed by atoms with Gasteiger partial charge in [-0.05, 0) is 50.8 Å². The third-order valence-corrected chi connectivity index (χ3v) is 6.01. The van der Waals surface area contributed by atoms with Crippen LogP contribution in [0.25, 0.3) is 0 Å². The van der Waals surface area contributed by atoms with E-state index in [1.165, 1.54) is 4.31 Å². The maximum Gasteiger partial charge on any atom is 0.243 e. The zero-order valence-electron chi connectivity index (χ0n) is 12.8. The number of aliphatic hydroxyl groups is 1. The number of sulfonamides is 1. The van der Waals surface area contributed by atoms with Crippen LogP contribution in [0.15, 0.2) is 29.2 Å². The number of aliphatic hydroxyl groups excluding tert-OH is 1. The molecule has 0 saturated heterocycles. The standard InChI is InChI=1S/C15H25NO3S/c1-5-15(2,3)16(4)20(18,19)14-10-8-13(9-11-14)7-6-12-17/h8-11,17H,5-7,12H2,1-4H3. The Morgan fingerprint density at radius 2 is 1.75 bits per heavy atom. The average Bonchev–Trinajstić information content (AvgIpc) is 2.44. The topological polar surface area (TPSA) is 57.6 Å². The number of aryl methyl sites for hydroxylation is 1. The van der Waals surface area contributed by atoms with Gasteiger partial charge in [0.05, 0.1) is 4.90 Å². The van der Waals surface area contributed by atoms with Crippen molar-refractivity contribution in [3.05, 3.63) is 29.8 Å². The molecule has 1 aromatic carbocycles. The molecule has 4 nitrogen and oxygen atoms in total. The number of nitrogens with zero attached hydrogens (tertiary/aromatic N) is 1. The lowest BCUT2D eigenvalue weighted by Gasteiger charge is -2.33. The molecule has 0 fully saturated rings. The molecule has 5 heteroatoms. The molecule has 0 aromatic heterocycles. The highest BCUT2D eigenvalue weighted by atomic mass is 32.2. The van der Waals surface area contributed by atoms with Gasteiger partial charge >= 0.3 is 0 Å². The van der Waals surface area contributed by atoms with Gasteiger partial charge in [-0.15, -0.1) is 0 Å². The van der Waals surface area contributed by atoms with Gasteiger partial charge in [0.1, 0.15) is 0 Å². The molecule has 0 unspecified atom stereocenters. The number of hydrogen-bond acceptors (Lipinski definition) is 3. The highest BCUT2D eigenvalue weighted by Crippen LogP contribution is 2.25. The highest BCUT2D eigenvalue weighted by Gasteiger charge is 2.32. The quantitative estimate of drug-likeness (QED) is 0.841. The SMILES string of the molecule is CCC(C)(C)N(C)S(=O)(=O)c1ccc(CCCO)cc1. The van der Waals surface area contributed by atoms with E-state index < -0.39 is 15.6 Å². The van der Waals surface area contributed by atoms with E-state index in [0.29, 0.717) is 11.3 Å². The van der Waals surface area contributed by atoms with Gasteiger partial charge in [-0.25, -0.2) is 8.42 Å². The van der Waals surface area contributed by atoms with Crippen molar-refractivity contribution >= 4 is 10.0 Å². The van der Waals surface area contributed by atoms with Crippen molar-refractivity contribution in [2.45, 2.75) is 50.5 Å². The van der Waals surface area contributed by atoms with E-state index in [-0.39, 0.29) is 6.61 Å². The van der Waals surface area contributed by atoms with Crippen molar-refractivity contribution in [3.8, 4) is 0 Å². The van der Waals surface area contributed by atoms with Gasteiger partial charge in [-0.2, -0.15) is 4.31 Å². The van der Waals surface area contributed by atoms with Crippen molar-refractivity contribution < 1.29 is 13.5 Å². The number of rotatable bonds is 7. The lowest BCUT2D eigenvalue weighted by Crippen LogP contribution is -2.44. The van der Waals surface area contributed by atoms with Crippen LogP contribution in [-0.4, -0.2) is 37.0 Å². The van der Waals surface area contributed by atoms with Crippen LogP contribution in [0.3, 0.4) is 0 Å². The Morgan fingerprint density at radius 3 is 2.20 bits per heavy atom. The van der Waals surface area contributed by atoms with Crippen LogP contribution in [0.4, 0.5) is 0 Å². The number of benzene rings is 1. The second-order valence-electron chi connectivity index (χ2n) is 5.61. The molecule has 0 aliphatic carbocycles. The van der Waals surface area contributed by atoms with E-state index in [2.05, 4.69) is 0 Å². The van der Waals surface area contributed by atoms with Gasteiger partial charge in [0, 0.05) is 19.2 Å². The predicted octanol–water partition coefficient (Wildman–Crippen LogP) is 2.42. The molecule has 0 aliphatic heterocycles. The zero-order valence-corrected chi connectivity index (χ0v) is 13.6. The Bertz CT molecular complexity index is 521. The zero-order chi connectivity index (χ0) is 15.4. The predicted molar refractivity (Wildman–Crippen MR) is 81.2 cm³/mol. The molecule has 0 saturated carbocycles. The molecule has 0 radical (unpaired) electrons. The van der Waals surface area contributed by atoms with Crippen molar-refractivity contribution in [1.82, 2.24) is 4.31 Å². The first-order chi connectivity index (χ1) is 9.25. The second-order valence-corrected chi connectivity index (χ2v) is 7.58. The molecule has 0 spiro atoms. The van der Waals surface area contributed by atoms with E-state index in [1.807, 2.05) is 32.9 Å². The maximum atomic E-state index is 12.5. The molecule has 114 valence electrons. The van der Waals surface area contributed by atoms with Gasteiger partial charge in [0.25, 0.3) is 0 Å². The lowest BCUT2D eigenvalue weighted by atomic mass is 10.0. The summed E-state index contributed by atoms with van der Waals surface area (Å²) in [6, 6.07) is 6.92. The first-order valence-corrected chi connectivity index (χ1v) is 8.38. The summed E-state index contributed by atoms with van der Waals surface area (Å²) in [6.07, 6.45) is 2.19. The monoisotopic (exact) mass is 299 g/mol. The van der Waals surface area contributed by atoms with E-state index in [0.717, 1.165) is 18.4 Å². The van der Waals surface area contributed by atoms with Crippen LogP contribution in [0.5, 0.6) is 0 Å². The van der Waals surface area contributed by atoms with Gasteiger partial charge in [0.15, 0.2) is 0 Å². The highest BCUT2D eigenvalue weighted by molar-refractivity contribution is 7.89. The van der Waals surface area contributed by atoms with E-state index in [1.54, 1.807) is 19.2 Å². The molecule has 0 aliphatic rings. The van der Waals surface area contributed by atoms with Gasteiger partial charge in [-0.1, -0.05) is 19.1 Å². The smallest absolute Gasteiger partial charge is 0.243 e. The van der Waals surface area contributed by atoms with Crippen molar-refractivity contribution in [3.63, 3.8) is 0 Å². The van der Waals surface area contributed by atoms with E-state index in [9.17, 15) is 8.42 Å². The van der Waals surface area contributed by atoms with Gasteiger partial charge in [0.2, 0.25) is 10.0 Å². The van der Waals surface area contributed by atoms with Gasteiger partial charge < -0.3 is 5.11 Å². The minimum absolute atomic E-state index is 0.146. The molecule has 0 heterocycles. The minimum atomic E-state index is -3.46. The normalized spacial score (nSPS) is 12.9. The Labute approximate surface area is 122 Å². The average molecular weight is 299 g/mol. The fraction of sp³-hybridized carbons (Fsp3) is 0.600. The van der Waals surface area contributed by atoms with Crippen molar-refractivity contribution in [2.75, 3.05) is 13.7 Å². The molecule has 20 heavy (non-hydrogen) atoms. The molecular formula is C15H25NO3S. The molecule has 1 rings (SSSR count). The van der Waals surface area contributed by atoms with Crippen LogP contribution in [0.2, 0.25) is 0 Å². The first kappa shape index (κ1) is 17.1. The molecular weight excluding hydrogens is 274 g/mol. The Hall–Kier alpha value is -0.910. The molecule has 1 aromatic rings. The van der Waals surface area contributed by atoms with E-state index >= 15 is 0 Å². The maximum absolute atomic E-state index is 12.5. The lowest BCUT2D eigenvalue weighted by molar-refractivity contribution is 0.257. The summed E-state index contributed by atoms with van der Waals surface area (Å²) in [7, 11) is -1.84. The molecule has 0 bridgehead atoms. The van der Waals surface area contributed by atoms with E-state index in [4.69, 9.17) is 5.11 Å². The Balaban J connectivity index is 2.99. The molecule has 0 atom stereocenters. The largest absolute Gasteiger partial charge is 0.396 e. The summed E-state index contributed by atoms with van der Waals surface area (Å²) in [5, 5.41) is 8.80. The van der Waals surface area contributed by atoms with Crippen LogP contribution in [0, 0.1) is 0 Å². The summed E-state index contributed by atoms with van der Waals surface area (Å²) in [6.45, 7) is 5.96. The molecule has 0 amide bonds. The third kappa shape index (κ3) is 3.81. The first-order valence-electron chi connectivity index (χ1n) is 6.94. The fourth-order valence-corrected chi connectivity index (χ4v) is 3.39. The van der Waals surface area contributed by atoms with Crippen LogP contribution in [-0.2, 0) is 16.4 Å². The van der Waals surface area contributed by atoms with Crippen molar-refractivity contribution in [1.29, 1.82) is 0 Å².